The molecule has 6 nitrogen and oxygen atoms in total. The van der Waals surface area contributed by atoms with Crippen LogP contribution in [0.25, 0.3) is 0 Å². The van der Waals surface area contributed by atoms with Crippen molar-refractivity contribution in [2.24, 2.45) is 5.92 Å². The predicted octanol–water partition coefficient (Wildman–Crippen LogP) is 1.85. The van der Waals surface area contributed by atoms with Crippen molar-refractivity contribution in [1.29, 1.82) is 0 Å². The van der Waals surface area contributed by atoms with E-state index in [4.69, 9.17) is 11.6 Å². The summed E-state index contributed by atoms with van der Waals surface area (Å²) in [5, 5.41) is 0.0473. The van der Waals surface area contributed by atoms with E-state index in [0.717, 1.165) is 10.5 Å². The summed E-state index contributed by atoms with van der Waals surface area (Å²) in [5.74, 6) is -0.740. The smallest absolute Gasteiger partial charge is 0.417 e. The van der Waals surface area contributed by atoms with E-state index in [2.05, 4.69) is 4.74 Å². The predicted molar refractivity (Wildman–Crippen MR) is 82.9 cm³/mol. The first-order chi connectivity index (χ1) is 11.4. The molecule has 3 amide bonds. The molecule has 1 aromatic rings. The normalized spacial score (nSPS) is 17.9. The fourth-order valence-corrected chi connectivity index (χ4v) is 3.01. The third kappa shape index (κ3) is 3.51. The second-order valence-electron chi connectivity index (χ2n) is 5.97. The molecule has 0 aliphatic carbocycles. The Morgan fingerprint density at radius 2 is 2.08 bits per heavy atom. The summed E-state index contributed by atoms with van der Waals surface area (Å²) >= 11 is 5.71. The molecule has 128 valence electrons. The van der Waals surface area contributed by atoms with Gasteiger partial charge < -0.3 is 9.64 Å². The van der Waals surface area contributed by atoms with Gasteiger partial charge in [0.25, 0.3) is 5.91 Å². The average Bonchev–Trinajstić information content (AvgIpc) is 2.82. The van der Waals surface area contributed by atoms with E-state index in [9.17, 15) is 18.8 Å². The van der Waals surface area contributed by atoms with Crippen LogP contribution < -0.4 is 0 Å². The maximum atomic E-state index is 13.1. The van der Waals surface area contributed by atoms with Gasteiger partial charge in [-0.1, -0.05) is 17.7 Å². The quantitative estimate of drug-likeness (QED) is 0.809. The number of carbonyl (C=O) groups is 3. The van der Waals surface area contributed by atoms with Crippen molar-refractivity contribution >= 4 is 29.5 Å². The van der Waals surface area contributed by atoms with Crippen LogP contribution in [-0.4, -0.2) is 53.9 Å². The maximum absolute atomic E-state index is 13.1. The lowest BCUT2D eigenvalue weighted by atomic mass is 9.98. The van der Waals surface area contributed by atoms with Crippen molar-refractivity contribution in [1.82, 2.24) is 9.80 Å². The number of hydrogen-bond acceptors (Lipinski definition) is 4. The number of aryl methyl sites for hydroxylation is 1. The van der Waals surface area contributed by atoms with Crippen LogP contribution in [0.4, 0.5) is 9.18 Å². The highest BCUT2D eigenvalue weighted by Crippen LogP contribution is 2.21. The molecule has 2 aliphatic rings. The van der Waals surface area contributed by atoms with E-state index in [0.29, 0.717) is 25.9 Å². The molecule has 2 fully saturated rings. The fraction of sp³-hybridized carbons (Fsp3) is 0.438. The highest BCUT2D eigenvalue weighted by Gasteiger charge is 2.38. The molecule has 0 radical (unpaired) electrons. The second-order valence-corrected chi connectivity index (χ2v) is 6.38. The number of rotatable bonds is 5. The van der Waals surface area contributed by atoms with Crippen LogP contribution in [0.15, 0.2) is 18.2 Å². The molecule has 0 N–H and O–H groups in total. The molecule has 0 bridgehead atoms. The molecule has 1 aromatic carbocycles. The van der Waals surface area contributed by atoms with Crippen LogP contribution in [0.3, 0.4) is 0 Å². The van der Waals surface area contributed by atoms with Gasteiger partial charge >= 0.3 is 6.09 Å². The van der Waals surface area contributed by atoms with Gasteiger partial charge in [0.05, 0.1) is 5.02 Å². The number of nitrogens with zero attached hydrogens (tertiary/aromatic N) is 2. The van der Waals surface area contributed by atoms with Gasteiger partial charge in [-0.15, -0.1) is 0 Å². The number of ether oxygens (including phenoxy) is 1. The van der Waals surface area contributed by atoms with Gasteiger partial charge in [-0.3, -0.25) is 9.59 Å². The third-order valence-electron chi connectivity index (χ3n) is 4.20. The summed E-state index contributed by atoms with van der Waals surface area (Å²) < 4.78 is 17.7. The van der Waals surface area contributed by atoms with Crippen molar-refractivity contribution in [3.05, 3.63) is 34.6 Å². The zero-order valence-corrected chi connectivity index (χ0v) is 13.6. The van der Waals surface area contributed by atoms with E-state index >= 15 is 0 Å². The molecule has 24 heavy (non-hydrogen) atoms. The molecule has 0 atom stereocenters. The molecule has 0 unspecified atom stereocenters. The first kappa shape index (κ1) is 16.7. The molecular weight excluding hydrogens is 339 g/mol. The Balaban J connectivity index is 1.42. The number of hydrogen-bond donors (Lipinski definition) is 0. The molecule has 0 saturated carbocycles. The third-order valence-corrected chi connectivity index (χ3v) is 4.49. The molecule has 8 heteroatoms. The van der Waals surface area contributed by atoms with Crippen LogP contribution in [0.2, 0.25) is 5.02 Å². The standard InChI is InChI=1S/C16H16ClFN2O4/c17-12-5-10(1-3-13(12)18)2-4-14(21)19-6-11(7-19)8-20-15(22)9-24-16(20)23/h1,3,5,11H,2,4,6-9H2. The lowest BCUT2D eigenvalue weighted by Crippen LogP contribution is -2.54. The zero-order chi connectivity index (χ0) is 17.3. The van der Waals surface area contributed by atoms with Gasteiger partial charge in [0.15, 0.2) is 6.61 Å². The van der Waals surface area contributed by atoms with E-state index < -0.39 is 11.9 Å². The fourth-order valence-electron chi connectivity index (χ4n) is 2.81. The Labute approximate surface area is 143 Å². The summed E-state index contributed by atoms with van der Waals surface area (Å²) in [4.78, 5) is 37.7. The van der Waals surface area contributed by atoms with Crippen LogP contribution in [0.5, 0.6) is 0 Å². The zero-order valence-electron chi connectivity index (χ0n) is 12.8. The van der Waals surface area contributed by atoms with Crippen molar-refractivity contribution in [2.45, 2.75) is 12.8 Å². The molecule has 0 aromatic heterocycles. The first-order valence-electron chi connectivity index (χ1n) is 7.63. The van der Waals surface area contributed by atoms with Gasteiger partial charge in [0.2, 0.25) is 5.91 Å². The second kappa shape index (κ2) is 6.76. The molecule has 0 spiro atoms. The molecule has 2 saturated heterocycles. The van der Waals surface area contributed by atoms with Crippen molar-refractivity contribution < 1.29 is 23.5 Å². The minimum atomic E-state index is -0.613. The van der Waals surface area contributed by atoms with Gasteiger partial charge in [-0.05, 0) is 24.1 Å². The van der Waals surface area contributed by atoms with Gasteiger partial charge in [0.1, 0.15) is 5.82 Å². The summed E-state index contributed by atoms with van der Waals surface area (Å²) in [5.41, 5.74) is 0.803. The van der Waals surface area contributed by atoms with Crippen molar-refractivity contribution in [3.8, 4) is 0 Å². The number of halogens is 2. The number of cyclic esters (lactones) is 1. The summed E-state index contributed by atoms with van der Waals surface area (Å²) in [6.45, 7) is 1.11. The average molecular weight is 355 g/mol. The maximum Gasteiger partial charge on any atom is 0.417 e. The molecule has 2 heterocycles. The summed E-state index contributed by atoms with van der Waals surface area (Å²) in [6.07, 6.45) is 0.175. The first-order valence-corrected chi connectivity index (χ1v) is 8.00. The van der Waals surface area contributed by atoms with Gasteiger partial charge in [0, 0.05) is 32.0 Å². The van der Waals surface area contributed by atoms with Crippen molar-refractivity contribution in [3.63, 3.8) is 0 Å². The lowest BCUT2D eigenvalue weighted by Gasteiger charge is -2.40. The number of amides is 3. The minimum absolute atomic E-state index is 0.0120. The van der Waals surface area contributed by atoms with Crippen molar-refractivity contribution in [2.75, 3.05) is 26.2 Å². The summed E-state index contributed by atoms with van der Waals surface area (Å²) in [6, 6.07) is 4.42. The summed E-state index contributed by atoms with van der Waals surface area (Å²) in [7, 11) is 0. The lowest BCUT2D eigenvalue weighted by molar-refractivity contribution is -0.138. The van der Waals surface area contributed by atoms with Gasteiger partial charge in [-0.25, -0.2) is 14.1 Å². The van der Waals surface area contributed by atoms with Crippen LogP contribution in [0, 0.1) is 11.7 Å². The van der Waals surface area contributed by atoms with E-state index in [1.165, 1.54) is 12.1 Å². The number of carbonyl (C=O) groups excluding carboxylic acids is 3. The molecule has 2 aliphatic heterocycles. The highest BCUT2D eigenvalue weighted by atomic mass is 35.5. The Hall–Kier alpha value is -2.15. The van der Waals surface area contributed by atoms with Gasteiger partial charge in [-0.2, -0.15) is 0 Å². The number of benzene rings is 1. The Bertz CT molecular complexity index is 675. The topological polar surface area (TPSA) is 66.9 Å². The molecular formula is C16H16ClFN2O4. The van der Waals surface area contributed by atoms with Crippen LogP contribution >= 0.6 is 11.6 Å². The van der Waals surface area contributed by atoms with E-state index in [-0.39, 0.29) is 35.9 Å². The number of likely N-dealkylation sites (tertiary alicyclic amines) is 1. The van der Waals surface area contributed by atoms with E-state index in [1.807, 2.05) is 0 Å². The SMILES string of the molecule is O=C(CCc1ccc(F)c(Cl)c1)N1CC(CN2C(=O)COC2=O)C1. The van der Waals surface area contributed by atoms with Crippen LogP contribution in [0.1, 0.15) is 12.0 Å². The Morgan fingerprint density at radius 1 is 1.33 bits per heavy atom. The largest absolute Gasteiger partial charge is 0.439 e. The minimum Gasteiger partial charge on any atom is -0.439 e. The monoisotopic (exact) mass is 354 g/mol. The van der Waals surface area contributed by atoms with Crippen LogP contribution in [-0.2, 0) is 20.7 Å². The molecule has 3 rings (SSSR count). The highest BCUT2D eigenvalue weighted by molar-refractivity contribution is 6.30. The number of imide groups is 1. The Kier molecular flexibility index (Phi) is 4.71. The Morgan fingerprint density at radius 3 is 2.71 bits per heavy atom. The van der Waals surface area contributed by atoms with E-state index in [1.54, 1.807) is 11.0 Å².